The number of hydrogen-bond acceptors (Lipinski definition) is 4. The van der Waals surface area contributed by atoms with Crippen LogP contribution in [0.3, 0.4) is 0 Å². The van der Waals surface area contributed by atoms with Gasteiger partial charge in [0.15, 0.2) is 0 Å². The topological polar surface area (TPSA) is 81.3 Å². The number of hydrogen-bond donors (Lipinski definition) is 0. The molecule has 0 atom stereocenters. The zero-order chi connectivity index (χ0) is 21.1. The first-order valence-corrected chi connectivity index (χ1v) is 10.1. The molecule has 154 valence electrons. The maximum Gasteiger partial charge on any atom is 0.273 e. The summed E-state index contributed by atoms with van der Waals surface area (Å²) in [5.74, 6) is 1.28. The first kappa shape index (κ1) is 19.8. The van der Waals surface area contributed by atoms with Crippen LogP contribution in [-0.4, -0.2) is 38.4 Å². The van der Waals surface area contributed by atoms with Gasteiger partial charge in [-0.1, -0.05) is 36.4 Å². The average Bonchev–Trinajstić information content (AvgIpc) is 3.22. The molecule has 30 heavy (non-hydrogen) atoms. The van der Waals surface area contributed by atoms with Gasteiger partial charge in [-0.15, -0.1) is 0 Å². The van der Waals surface area contributed by atoms with Crippen LogP contribution in [0.15, 0.2) is 60.9 Å². The van der Waals surface area contributed by atoms with Crippen LogP contribution in [-0.2, 0) is 6.54 Å². The van der Waals surface area contributed by atoms with E-state index < -0.39 is 4.92 Å². The van der Waals surface area contributed by atoms with E-state index >= 15 is 0 Å². The van der Waals surface area contributed by atoms with Crippen molar-refractivity contribution in [2.75, 3.05) is 13.1 Å². The van der Waals surface area contributed by atoms with Crippen molar-refractivity contribution in [2.24, 2.45) is 5.92 Å². The second kappa shape index (κ2) is 8.49. The average molecular weight is 404 g/mol. The van der Waals surface area contributed by atoms with Gasteiger partial charge in [-0.3, -0.25) is 14.9 Å². The van der Waals surface area contributed by atoms with Gasteiger partial charge in [-0.05, 0) is 31.7 Å². The molecule has 0 aliphatic carbocycles. The molecule has 0 unspecified atom stereocenters. The summed E-state index contributed by atoms with van der Waals surface area (Å²) < 4.78 is 2.18. The number of nitro groups is 1. The molecule has 3 aromatic rings. The van der Waals surface area contributed by atoms with E-state index in [0.29, 0.717) is 30.1 Å². The maximum absolute atomic E-state index is 12.8. The van der Waals surface area contributed by atoms with Crippen LogP contribution >= 0.6 is 0 Å². The number of imidazole rings is 1. The molecule has 0 N–H and O–H groups in total. The van der Waals surface area contributed by atoms with Crippen molar-refractivity contribution in [1.82, 2.24) is 14.5 Å². The Morgan fingerprint density at radius 1 is 1.17 bits per heavy atom. The Morgan fingerprint density at radius 3 is 2.60 bits per heavy atom. The van der Waals surface area contributed by atoms with Crippen LogP contribution in [0.5, 0.6) is 0 Å². The minimum Gasteiger partial charge on any atom is -0.339 e. The Labute approximate surface area is 175 Å². The highest BCUT2D eigenvalue weighted by Crippen LogP contribution is 2.25. The molecule has 0 bridgehead atoms. The van der Waals surface area contributed by atoms with Gasteiger partial charge in [-0.2, -0.15) is 0 Å². The molecule has 1 aromatic heterocycles. The fourth-order valence-electron chi connectivity index (χ4n) is 4.02. The van der Waals surface area contributed by atoms with E-state index in [9.17, 15) is 14.9 Å². The van der Waals surface area contributed by atoms with Crippen LogP contribution < -0.4 is 0 Å². The normalized spacial score (nSPS) is 14.6. The summed E-state index contributed by atoms with van der Waals surface area (Å²) in [5, 5.41) is 11.2. The number of rotatable bonds is 5. The molecule has 2 aromatic carbocycles. The second-order valence-electron chi connectivity index (χ2n) is 7.76. The van der Waals surface area contributed by atoms with E-state index in [4.69, 9.17) is 0 Å². The van der Waals surface area contributed by atoms with Crippen LogP contribution in [0.25, 0.3) is 11.4 Å². The molecule has 1 aliphatic heterocycles. The van der Waals surface area contributed by atoms with Crippen LogP contribution in [0.2, 0.25) is 0 Å². The molecular formula is C23H24N4O3. The number of aromatic nitrogens is 2. The Bertz CT molecular complexity index is 1050. The van der Waals surface area contributed by atoms with Crippen molar-refractivity contribution >= 4 is 11.6 Å². The zero-order valence-electron chi connectivity index (χ0n) is 16.9. The van der Waals surface area contributed by atoms with E-state index in [1.54, 1.807) is 24.0 Å². The lowest BCUT2D eigenvalue weighted by atomic mass is 9.96. The summed E-state index contributed by atoms with van der Waals surface area (Å²) >= 11 is 0. The third-order valence-corrected chi connectivity index (χ3v) is 5.76. The number of carbonyl (C=O) groups is 1. The van der Waals surface area contributed by atoms with Gasteiger partial charge < -0.3 is 9.47 Å². The van der Waals surface area contributed by atoms with Gasteiger partial charge in [0, 0.05) is 54.8 Å². The van der Waals surface area contributed by atoms with Gasteiger partial charge in [-0.25, -0.2) is 4.98 Å². The SMILES string of the molecule is Cc1ccc(C(=O)N2CCC(Cn3ccnc3-c3ccccc3)CC2)cc1[N+](=O)[O-]. The highest BCUT2D eigenvalue weighted by molar-refractivity contribution is 5.95. The molecule has 0 radical (unpaired) electrons. The predicted molar refractivity (Wildman–Crippen MR) is 114 cm³/mol. The summed E-state index contributed by atoms with van der Waals surface area (Å²) in [6.45, 7) is 3.85. The van der Waals surface area contributed by atoms with E-state index in [1.165, 1.54) is 6.07 Å². The number of nitro benzene ring substituents is 1. The highest BCUT2D eigenvalue weighted by Gasteiger charge is 2.25. The third-order valence-electron chi connectivity index (χ3n) is 5.76. The fraction of sp³-hybridized carbons (Fsp3) is 0.304. The molecule has 2 heterocycles. The molecule has 0 saturated carbocycles. The van der Waals surface area contributed by atoms with Crippen molar-refractivity contribution in [1.29, 1.82) is 0 Å². The predicted octanol–water partition coefficient (Wildman–Crippen LogP) is 4.32. The quantitative estimate of drug-likeness (QED) is 0.468. The third kappa shape index (κ3) is 4.10. The van der Waals surface area contributed by atoms with E-state index in [2.05, 4.69) is 21.7 Å². The minimum absolute atomic E-state index is 0.00992. The number of carbonyl (C=O) groups excluding carboxylic acids is 1. The minimum atomic E-state index is -0.437. The van der Waals surface area contributed by atoms with E-state index in [1.807, 2.05) is 30.6 Å². The first-order chi connectivity index (χ1) is 14.5. The Balaban J connectivity index is 1.39. The van der Waals surface area contributed by atoms with E-state index in [0.717, 1.165) is 30.8 Å². The number of likely N-dealkylation sites (tertiary alicyclic amines) is 1. The van der Waals surface area contributed by atoms with Gasteiger partial charge in [0.25, 0.3) is 11.6 Å². The lowest BCUT2D eigenvalue weighted by Gasteiger charge is -2.32. The molecule has 0 spiro atoms. The van der Waals surface area contributed by atoms with Gasteiger partial charge in [0.05, 0.1) is 4.92 Å². The summed E-state index contributed by atoms with van der Waals surface area (Å²) in [6, 6.07) is 14.8. The van der Waals surface area contributed by atoms with Crippen LogP contribution in [0, 0.1) is 23.0 Å². The number of benzene rings is 2. The van der Waals surface area contributed by atoms with Gasteiger partial charge in [0.2, 0.25) is 0 Å². The molecule has 4 rings (SSSR count). The Kier molecular flexibility index (Phi) is 5.61. The summed E-state index contributed by atoms with van der Waals surface area (Å²) in [6.07, 6.45) is 5.62. The monoisotopic (exact) mass is 404 g/mol. The lowest BCUT2D eigenvalue weighted by molar-refractivity contribution is -0.385. The van der Waals surface area contributed by atoms with Crippen molar-refractivity contribution in [3.05, 3.63) is 82.2 Å². The molecule has 1 saturated heterocycles. The standard InChI is InChI=1S/C23H24N4O3/c1-17-7-8-20(15-21(17)27(29)30)23(28)25-12-9-18(10-13-25)16-26-14-11-24-22(26)19-5-3-2-4-6-19/h2-8,11,14-15,18H,9-10,12-13,16H2,1H3. The summed E-state index contributed by atoms with van der Waals surface area (Å²) in [4.78, 5) is 29.9. The first-order valence-electron chi connectivity index (χ1n) is 10.1. The number of aryl methyl sites for hydroxylation is 1. The molecule has 7 nitrogen and oxygen atoms in total. The van der Waals surface area contributed by atoms with Crippen LogP contribution in [0.4, 0.5) is 5.69 Å². The van der Waals surface area contributed by atoms with Crippen molar-refractivity contribution in [3.8, 4) is 11.4 Å². The van der Waals surface area contributed by atoms with Gasteiger partial charge >= 0.3 is 0 Å². The molecular weight excluding hydrogens is 380 g/mol. The van der Waals surface area contributed by atoms with Crippen LogP contribution in [0.1, 0.15) is 28.8 Å². The smallest absolute Gasteiger partial charge is 0.273 e. The Morgan fingerprint density at radius 2 is 1.90 bits per heavy atom. The highest BCUT2D eigenvalue weighted by atomic mass is 16.6. The van der Waals surface area contributed by atoms with Gasteiger partial charge in [0.1, 0.15) is 5.82 Å². The Hall–Kier alpha value is -3.48. The molecule has 1 aliphatic rings. The molecule has 1 fully saturated rings. The van der Waals surface area contributed by atoms with E-state index in [-0.39, 0.29) is 11.6 Å². The molecule has 7 heteroatoms. The number of nitrogens with zero attached hydrogens (tertiary/aromatic N) is 4. The molecule has 1 amide bonds. The van der Waals surface area contributed by atoms with Crippen molar-refractivity contribution in [2.45, 2.75) is 26.3 Å². The number of piperidine rings is 1. The maximum atomic E-state index is 12.8. The second-order valence-corrected chi connectivity index (χ2v) is 7.76. The largest absolute Gasteiger partial charge is 0.339 e. The fourth-order valence-corrected chi connectivity index (χ4v) is 4.02. The summed E-state index contributed by atoms with van der Waals surface area (Å²) in [7, 11) is 0. The van der Waals surface area contributed by atoms with Crippen molar-refractivity contribution < 1.29 is 9.72 Å². The lowest BCUT2D eigenvalue weighted by Crippen LogP contribution is -2.39. The number of amides is 1. The summed E-state index contributed by atoms with van der Waals surface area (Å²) in [5.41, 5.74) is 2.02. The zero-order valence-corrected chi connectivity index (χ0v) is 16.9. The van der Waals surface area contributed by atoms with Crippen molar-refractivity contribution in [3.63, 3.8) is 0 Å².